The van der Waals surface area contributed by atoms with Crippen molar-refractivity contribution in [2.45, 2.75) is 13.1 Å². The zero-order valence-electron chi connectivity index (χ0n) is 12.5. The van der Waals surface area contributed by atoms with Crippen LogP contribution in [0, 0.1) is 0 Å². The third-order valence-corrected chi connectivity index (χ3v) is 4.76. The Morgan fingerprint density at radius 1 is 1.18 bits per heavy atom. The van der Waals surface area contributed by atoms with Crippen molar-refractivity contribution in [3.05, 3.63) is 48.0 Å². The molecule has 5 nitrogen and oxygen atoms in total. The van der Waals surface area contributed by atoms with E-state index in [0.29, 0.717) is 5.88 Å². The molecule has 0 amide bonds. The number of rotatable bonds is 3. The molecule has 0 bridgehead atoms. The summed E-state index contributed by atoms with van der Waals surface area (Å²) < 4.78 is 10.4. The molecule has 0 saturated carbocycles. The van der Waals surface area contributed by atoms with E-state index < -0.39 is 0 Å². The first kappa shape index (κ1) is 13.6. The molecule has 0 unspecified atom stereocenters. The molecule has 0 atom stereocenters. The van der Waals surface area contributed by atoms with Crippen molar-refractivity contribution in [2.75, 3.05) is 6.26 Å². The summed E-state index contributed by atoms with van der Waals surface area (Å²) in [5.41, 5.74) is 3.33. The summed E-state index contributed by atoms with van der Waals surface area (Å²) in [6.07, 6.45) is 5.70. The molecule has 3 heterocycles. The normalized spacial score (nSPS) is 14.5. The highest BCUT2D eigenvalue weighted by Crippen LogP contribution is 2.33. The van der Waals surface area contributed by atoms with Crippen LogP contribution >= 0.6 is 11.9 Å². The lowest BCUT2D eigenvalue weighted by Gasteiger charge is -2.10. The highest BCUT2D eigenvalue weighted by molar-refractivity contribution is 7.96. The van der Waals surface area contributed by atoms with E-state index in [1.165, 1.54) is 5.52 Å². The minimum absolute atomic E-state index is 0.664. The maximum Gasteiger partial charge on any atom is 0.227 e. The number of fused-ring (bicyclic) bond motifs is 2. The molecule has 2 aromatic heterocycles. The number of aryl methyl sites for hydroxylation is 1. The van der Waals surface area contributed by atoms with Gasteiger partial charge in [-0.1, -0.05) is 11.9 Å². The lowest BCUT2D eigenvalue weighted by atomic mass is 10.2. The van der Waals surface area contributed by atoms with Crippen molar-refractivity contribution in [1.29, 1.82) is 0 Å². The monoisotopic (exact) mass is 312 g/mol. The molecule has 0 saturated heterocycles. The first-order valence-corrected chi connectivity index (χ1v) is 8.27. The fourth-order valence-electron chi connectivity index (χ4n) is 2.78. The van der Waals surface area contributed by atoms with E-state index in [0.717, 1.165) is 35.5 Å². The number of ether oxygens (including phenoxy) is 1. The second-order valence-electron chi connectivity index (χ2n) is 5.33. The predicted molar refractivity (Wildman–Crippen MR) is 87.8 cm³/mol. The van der Waals surface area contributed by atoms with Crippen molar-refractivity contribution >= 4 is 22.9 Å². The first-order chi connectivity index (χ1) is 10.7. The van der Waals surface area contributed by atoms with Crippen molar-refractivity contribution in [2.24, 2.45) is 7.05 Å². The molecular weight excluding hydrogens is 296 g/mol. The smallest absolute Gasteiger partial charge is 0.227 e. The average molecular weight is 312 g/mol. The molecule has 0 fully saturated rings. The fraction of sp³-hybridized carbons (Fsp3) is 0.250. The van der Waals surface area contributed by atoms with E-state index in [1.807, 2.05) is 25.4 Å². The van der Waals surface area contributed by atoms with E-state index in [-0.39, 0.29) is 0 Å². The van der Waals surface area contributed by atoms with Crippen molar-refractivity contribution in [3.8, 4) is 11.6 Å². The maximum atomic E-state index is 6.04. The molecule has 3 aromatic rings. The van der Waals surface area contributed by atoms with Crippen LogP contribution in [0.4, 0.5) is 0 Å². The van der Waals surface area contributed by atoms with Gasteiger partial charge in [0.25, 0.3) is 0 Å². The Bertz CT molecular complexity index is 845. The van der Waals surface area contributed by atoms with Gasteiger partial charge < -0.3 is 9.30 Å². The Kier molecular flexibility index (Phi) is 3.28. The number of hydrogen-bond donors (Lipinski definition) is 0. The zero-order chi connectivity index (χ0) is 15.1. The Morgan fingerprint density at radius 2 is 2.09 bits per heavy atom. The molecule has 4 rings (SSSR count). The van der Waals surface area contributed by atoms with Crippen LogP contribution in [0.15, 0.2) is 36.8 Å². The maximum absolute atomic E-state index is 6.04. The van der Waals surface area contributed by atoms with E-state index in [4.69, 9.17) is 4.74 Å². The zero-order valence-corrected chi connectivity index (χ0v) is 13.3. The third kappa shape index (κ3) is 2.24. The number of nitrogens with zero attached hydrogens (tertiary/aromatic N) is 4. The van der Waals surface area contributed by atoms with Gasteiger partial charge in [-0.05, 0) is 30.5 Å². The summed E-state index contributed by atoms with van der Waals surface area (Å²) in [6.45, 7) is 1.66. The van der Waals surface area contributed by atoms with Crippen molar-refractivity contribution in [3.63, 3.8) is 0 Å². The van der Waals surface area contributed by atoms with Crippen LogP contribution in [0.2, 0.25) is 0 Å². The number of benzene rings is 1. The van der Waals surface area contributed by atoms with Gasteiger partial charge >= 0.3 is 0 Å². The molecule has 6 heteroatoms. The van der Waals surface area contributed by atoms with Gasteiger partial charge in [-0.15, -0.1) is 0 Å². The minimum Gasteiger partial charge on any atom is -0.439 e. The molecule has 22 heavy (non-hydrogen) atoms. The second kappa shape index (κ2) is 5.30. The molecule has 1 aliphatic heterocycles. The van der Waals surface area contributed by atoms with Gasteiger partial charge in [-0.25, -0.2) is 14.3 Å². The second-order valence-corrected chi connectivity index (χ2v) is 6.22. The molecule has 0 spiro atoms. The number of hydrogen-bond acceptors (Lipinski definition) is 5. The predicted octanol–water partition coefficient (Wildman–Crippen LogP) is 3.35. The fourth-order valence-corrected chi connectivity index (χ4v) is 3.29. The average Bonchev–Trinajstić information content (AvgIpc) is 3.12. The van der Waals surface area contributed by atoms with Crippen molar-refractivity contribution in [1.82, 2.24) is 18.8 Å². The van der Waals surface area contributed by atoms with Crippen LogP contribution in [0.25, 0.3) is 10.9 Å². The highest BCUT2D eigenvalue weighted by Gasteiger charge is 2.24. The topological polar surface area (TPSA) is 43.2 Å². The molecule has 1 aromatic carbocycles. The van der Waals surface area contributed by atoms with Crippen molar-refractivity contribution < 1.29 is 4.74 Å². The van der Waals surface area contributed by atoms with E-state index in [2.05, 4.69) is 37.2 Å². The summed E-state index contributed by atoms with van der Waals surface area (Å²) in [6, 6.07) is 8.19. The number of aromatic nitrogens is 3. The van der Waals surface area contributed by atoms with Crippen LogP contribution in [0.3, 0.4) is 0 Å². The Balaban J connectivity index is 1.67. The molecule has 1 aliphatic rings. The molecule has 0 aliphatic carbocycles. The molecule has 0 N–H and O–H groups in total. The van der Waals surface area contributed by atoms with Crippen LogP contribution in [0.1, 0.15) is 11.3 Å². The SMILES string of the molecule is CSN1Cc2ncnc(Oc3ccc4c(ccn4C)c3)c2C1. The van der Waals surface area contributed by atoms with Crippen LogP contribution < -0.4 is 4.74 Å². The van der Waals surface area contributed by atoms with Gasteiger partial charge in [0.05, 0.1) is 17.8 Å². The molecular formula is C16H16N4OS. The van der Waals surface area contributed by atoms with Crippen LogP contribution in [-0.4, -0.2) is 25.1 Å². The van der Waals surface area contributed by atoms with E-state index in [1.54, 1.807) is 18.3 Å². The Hall–Kier alpha value is -2.05. The quantitative estimate of drug-likeness (QED) is 0.694. The van der Waals surface area contributed by atoms with Gasteiger partial charge in [0, 0.05) is 30.7 Å². The van der Waals surface area contributed by atoms with Gasteiger partial charge in [-0.2, -0.15) is 0 Å². The third-order valence-electron chi connectivity index (χ3n) is 3.99. The van der Waals surface area contributed by atoms with E-state index in [9.17, 15) is 0 Å². The molecule has 0 radical (unpaired) electrons. The largest absolute Gasteiger partial charge is 0.439 e. The summed E-state index contributed by atoms with van der Waals surface area (Å²) in [7, 11) is 2.04. The Morgan fingerprint density at radius 3 is 2.95 bits per heavy atom. The lowest BCUT2D eigenvalue weighted by Crippen LogP contribution is -2.04. The van der Waals surface area contributed by atoms with Crippen LogP contribution in [0.5, 0.6) is 11.6 Å². The van der Waals surface area contributed by atoms with Crippen LogP contribution in [-0.2, 0) is 20.1 Å². The van der Waals surface area contributed by atoms with Gasteiger partial charge in [0.1, 0.15) is 12.1 Å². The Labute approximate surface area is 133 Å². The molecule has 112 valence electrons. The minimum atomic E-state index is 0.664. The summed E-state index contributed by atoms with van der Waals surface area (Å²) in [5.74, 6) is 1.47. The summed E-state index contributed by atoms with van der Waals surface area (Å²) >= 11 is 1.72. The summed E-state index contributed by atoms with van der Waals surface area (Å²) in [4.78, 5) is 8.69. The highest BCUT2D eigenvalue weighted by atomic mass is 32.2. The van der Waals surface area contributed by atoms with Gasteiger partial charge in [0.15, 0.2) is 0 Å². The standard InChI is InChI=1S/C16H16N4OS/c1-19-6-5-11-7-12(3-4-15(11)19)21-16-13-8-20(22-2)9-14(13)17-10-18-16/h3-7,10H,8-9H2,1-2H3. The van der Waals surface area contributed by atoms with Gasteiger partial charge in [-0.3, -0.25) is 0 Å². The summed E-state index contributed by atoms with van der Waals surface area (Å²) in [5, 5.41) is 1.16. The first-order valence-electron chi connectivity index (χ1n) is 7.09. The van der Waals surface area contributed by atoms with Gasteiger partial charge in [0.2, 0.25) is 5.88 Å². The lowest BCUT2D eigenvalue weighted by molar-refractivity contribution is 0.448. The van der Waals surface area contributed by atoms with E-state index >= 15 is 0 Å².